The molecule has 2 aromatic rings. The van der Waals surface area contributed by atoms with E-state index in [0.717, 1.165) is 11.3 Å². The van der Waals surface area contributed by atoms with Gasteiger partial charge in [-0.05, 0) is 35.9 Å². The second-order valence-electron chi connectivity index (χ2n) is 6.47. The van der Waals surface area contributed by atoms with Crippen molar-refractivity contribution in [1.82, 2.24) is 4.90 Å². The number of nitrogens with one attached hydrogen (secondary N) is 1. The number of nitrogens with zero attached hydrogens (tertiary/aromatic N) is 1. The maximum atomic E-state index is 12.5. The van der Waals surface area contributed by atoms with Gasteiger partial charge in [0, 0.05) is 25.2 Å². The minimum absolute atomic E-state index is 0. The van der Waals surface area contributed by atoms with Crippen LogP contribution < -0.4 is 20.5 Å². The smallest absolute Gasteiger partial charge is 0.229 e. The Morgan fingerprint density at radius 2 is 1.89 bits per heavy atom. The molecule has 150 valence electrons. The number of benzene rings is 2. The third kappa shape index (κ3) is 4.86. The van der Waals surface area contributed by atoms with Gasteiger partial charge in [0.2, 0.25) is 11.8 Å². The number of nitrogen functional groups attached to an aromatic ring is 1. The fourth-order valence-corrected chi connectivity index (χ4v) is 3.11. The summed E-state index contributed by atoms with van der Waals surface area (Å²) in [6.07, 6.45) is 0.202. The Hall–Kier alpha value is -2.93. The average Bonchev–Trinajstić information content (AvgIpc) is 3.03. The summed E-state index contributed by atoms with van der Waals surface area (Å²) in [5, 5.41) is 2.83. The number of amides is 2. The van der Waals surface area contributed by atoms with Crippen molar-refractivity contribution in [3.05, 3.63) is 48.0 Å². The summed E-state index contributed by atoms with van der Waals surface area (Å²) < 4.78 is 10.2. The number of methoxy groups -OCH3 is 2. The average molecular weight is 406 g/mol. The zero-order valence-electron chi connectivity index (χ0n) is 15.8. The molecule has 0 saturated carbocycles. The van der Waals surface area contributed by atoms with Crippen molar-refractivity contribution in [3.8, 4) is 11.5 Å². The lowest BCUT2D eigenvalue weighted by Gasteiger charge is -2.17. The zero-order valence-corrected chi connectivity index (χ0v) is 16.6. The van der Waals surface area contributed by atoms with Gasteiger partial charge in [-0.3, -0.25) is 9.59 Å². The quantitative estimate of drug-likeness (QED) is 0.720. The first kappa shape index (κ1) is 21.4. The Labute approximate surface area is 170 Å². The monoisotopic (exact) mass is 405 g/mol. The topological polar surface area (TPSA) is 93.9 Å². The Bertz CT molecular complexity index is 842. The van der Waals surface area contributed by atoms with E-state index in [-0.39, 0.29) is 36.6 Å². The second kappa shape index (κ2) is 9.32. The van der Waals surface area contributed by atoms with Crippen LogP contribution in [0.4, 0.5) is 11.4 Å². The van der Waals surface area contributed by atoms with Crippen molar-refractivity contribution >= 4 is 35.6 Å². The van der Waals surface area contributed by atoms with Gasteiger partial charge in [0.1, 0.15) is 11.5 Å². The van der Waals surface area contributed by atoms with Crippen LogP contribution in [0.25, 0.3) is 0 Å². The number of carbonyl (C=O) groups excluding carboxylic acids is 2. The molecule has 2 aromatic carbocycles. The molecule has 0 bridgehead atoms. The molecule has 8 heteroatoms. The summed E-state index contributed by atoms with van der Waals surface area (Å²) >= 11 is 0. The van der Waals surface area contributed by atoms with E-state index < -0.39 is 0 Å². The highest BCUT2D eigenvalue weighted by molar-refractivity contribution is 5.97. The highest BCUT2D eigenvalue weighted by Crippen LogP contribution is 2.26. The Morgan fingerprint density at radius 1 is 1.18 bits per heavy atom. The molecular formula is C20H24ClN3O4. The van der Waals surface area contributed by atoms with Gasteiger partial charge in [-0.2, -0.15) is 0 Å². The number of carbonyl (C=O) groups is 2. The predicted octanol–water partition coefficient (Wildman–Crippen LogP) is 2.70. The van der Waals surface area contributed by atoms with E-state index in [9.17, 15) is 9.59 Å². The van der Waals surface area contributed by atoms with Crippen LogP contribution in [0.3, 0.4) is 0 Å². The largest absolute Gasteiger partial charge is 0.497 e. The number of nitrogens with two attached hydrogens (primary N) is 1. The third-order valence-electron chi connectivity index (χ3n) is 4.62. The van der Waals surface area contributed by atoms with Crippen LogP contribution >= 0.6 is 12.4 Å². The molecule has 7 nitrogen and oxygen atoms in total. The van der Waals surface area contributed by atoms with E-state index in [1.54, 1.807) is 30.2 Å². The molecule has 1 heterocycles. The number of halogens is 1. The molecule has 1 atom stereocenters. The molecule has 0 spiro atoms. The normalized spacial score (nSPS) is 15.7. The lowest BCUT2D eigenvalue weighted by molar-refractivity contribution is -0.128. The van der Waals surface area contributed by atoms with Gasteiger partial charge in [0.05, 0.1) is 25.8 Å². The van der Waals surface area contributed by atoms with Crippen molar-refractivity contribution in [1.29, 1.82) is 0 Å². The van der Waals surface area contributed by atoms with Gasteiger partial charge >= 0.3 is 0 Å². The van der Waals surface area contributed by atoms with Crippen LogP contribution in [0, 0.1) is 5.92 Å². The van der Waals surface area contributed by atoms with Crippen molar-refractivity contribution in [3.63, 3.8) is 0 Å². The molecule has 3 N–H and O–H groups in total. The summed E-state index contributed by atoms with van der Waals surface area (Å²) in [5.41, 5.74) is 7.88. The first-order valence-electron chi connectivity index (χ1n) is 8.65. The van der Waals surface area contributed by atoms with E-state index in [1.807, 2.05) is 24.3 Å². The fraction of sp³-hybridized carbons (Fsp3) is 0.300. The predicted molar refractivity (Wildman–Crippen MR) is 110 cm³/mol. The summed E-state index contributed by atoms with van der Waals surface area (Å²) in [4.78, 5) is 26.5. The standard InChI is InChI=1S/C20H23N3O4.ClH/c1-26-16-6-3-13(4-7-16)11-23-12-14(9-19(23)24)20(25)22-15-5-8-18(27-2)17(21)10-15;/h3-8,10,14H,9,11-12,21H2,1-2H3,(H,22,25);1H. The van der Waals surface area contributed by atoms with E-state index >= 15 is 0 Å². The molecule has 3 rings (SSSR count). The van der Waals surface area contributed by atoms with E-state index in [1.165, 1.54) is 7.11 Å². The highest BCUT2D eigenvalue weighted by atomic mass is 35.5. The Kier molecular flexibility index (Phi) is 7.12. The van der Waals surface area contributed by atoms with Crippen molar-refractivity contribution in [2.24, 2.45) is 5.92 Å². The third-order valence-corrected chi connectivity index (χ3v) is 4.62. The molecule has 1 saturated heterocycles. The number of likely N-dealkylation sites (tertiary alicyclic amines) is 1. The molecule has 28 heavy (non-hydrogen) atoms. The van der Waals surface area contributed by atoms with Crippen LogP contribution in [0.1, 0.15) is 12.0 Å². The summed E-state index contributed by atoms with van der Waals surface area (Å²) in [6.45, 7) is 0.866. The molecule has 1 unspecified atom stereocenters. The molecule has 0 aromatic heterocycles. The SMILES string of the molecule is COc1ccc(CN2CC(C(=O)Nc3ccc(OC)c(N)c3)CC2=O)cc1.Cl. The maximum Gasteiger partial charge on any atom is 0.229 e. The fourth-order valence-electron chi connectivity index (χ4n) is 3.11. The lowest BCUT2D eigenvalue weighted by atomic mass is 10.1. The van der Waals surface area contributed by atoms with Gasteiger partial charge in [-0.15, -0.1) is 12.4 Å². The van der Waals surface area contributed by atoms with Crippen LogP contribution in [-0.4, -0.2) is 37.5 Å². The van der Waals surface area contributed by atoms with E-state index in [2.05, 4.69) is 5.32 Å². The Morgan fingerprint density at radius 3 is 2.50 bits per heavy atom. The number of hydrogen-bond donors (Lipinski definition) is 2. The van der Waals surface area contributed by atoms with E-state index in [0.29, 0.717) is 30.2 Å². The van der Waals surface area contributed by atoms with Crippen molar-refractivity contribution in [2.75, 3.05) is 31.8 Å². The van der Waals surface area contributed by atoms with E-state index in [4.69, 9.17) is 15.2 Å². The van der Waals surface area contributed by atoms with Gasteiger partial charge in [-0.1, -0.05) is 12.1 Å². The van der Waals surface area contributed by atoms with Gasteiger partial charge in [0.25, 0.3) is 0 Å². The lowest BCUT2D eigenvalue weighted by Crippen LogP contribution is -2.28. The molecule has 2 amide bonds. The molecule has 0 aliphatic carbocycles. The number of anilines is 2. The molecule has 1 fully saturated rings. The van der Waals surface area contributed by atoms with Crippen LogP contribution in [0.15, 0.2) is 42.5 Å². The molecular weight excluding hydrogens is 382 g/mol. The first-order chi connectivity index (χ1) is 13.0. The molecule has 1 aliphatic rings. The number of ether oxygens (including phenoxy) is 2. The summed E-state index contributed by atoms with van der Waals surface area (Å²) in [6, 6.07) is 12.6. The van der Waals surface area contributed by atoms with Gasteiger partial charge in [-0.25, -0.2) is 0 Å². The summed E-state index contributed by atoms with van der Waals surface area (Å²) in [7, 11) is 3.14. The van der Waals surface area contributed by atoms with Crippen LogP contribution in [-0.2, 0) is 16.1 Å². The van der Waals surface area contributed by atoms with Crippen LogP contribution in [0.5, 0.6) is 11.5 Å². The minimum Gasteiger partial charge on any atom is -0.497 e. The van der Waals surface area contributed by atoms with Gasteiger partial charge in [0.15, 0.2) is 0 Å². The molecule has 0 radical (unpaired) electrons. The van der Waals surface area contributed by atoms with Crippen molar-refractivity contribution < 1.29 is 19.1 Å². The second-order valence-corrected chi connectivity index (χ2v) is 6.47. The zero-order chi connectivity index (χ0) is 19.4. The number of hydrogen-bond acceptors (Lipinski definition) is 5. The number of rotatable bonds is 6. The first-order valence-corrected chi connectivity index (χ1v) is 8.65. The minimum atomic E-state index is -0.390. The highest BCUT2D eigenvalue weighted by Gasteiger charge is 2.34. The van der Waals surface area contributed by atoms with Gasteiger partial charge < -0.3 is 25.4 Å². The van der Waals surface area contributed by atoms with Crippen LogP contribution in [0.2, 0.25) is 0 Å². The Balaban J connectivity index is 0.00000280. The maximum absolute atomic E-state index is 12.5. The van der Waals surface area contributed by atoms with Crippen molar-refractivity contribution in [2.45, 2.75) is 13.0 Å². The molecule has 1 aliphatic heterocycles. The summed E-state index contributed by atoms with van der Waals surface area (Å²) in [5.74, 6) is 0.710.